The Hall–Kier alpha value is -1.35. The van der Waals surface area contributed by atoms with E-state index in [1.54, 1.807) is 24.3 Å². The first-order valence-corrected chi connectivity index (χ1v) is 6.22. The van der Waals surface area contributed by atoms with Crippen molar-refractivity contribution < 1.29 is 19.8 Å². The third kappa shape index (κ3) is 4.49. The number of nitrogens with one attached hydrogen (secondary N) is 2. The zero-order valence-corrected chi connectivity index (χ0v) is 11.7. The Kier molecular flexibility index (Phi) is 5.35. The fraction of sp³-hybridized carbons (Fsp3) is 0.273. The van der Waals surface area contributed by atoms with E-state index in [1.807, 2.05) is 0 Å². The summed E-state index contributed by atoms with van der Waals surface area (Å²) in [7, 11) is 0. The molecule has 0 aliphatic carbocycles. The van der Waals surface area contributed by atoms with Gasteiger partial charge in [0.25, 0.3) is 0 Å². The lowest BCUT2D eigenvalue weighted by molar-refractivity contribution is -0.141. The first kappa shape index (κ1) is 14.7. The number of carbonyl (C=O) groups excluding carboxylic acids is 1. The molecule has 2 amide bonds. The molecule has 4 N–H and O–H groups in total. The summed E-state index contributed by atoms with van der Waals surface area (Å²) < 4.78 is 1.02. The zero-order chi connectivity index (χ0) is 13.7. The number of hydrogen-bond donors (Lipinski definition) is 4. The summed E-state index contributed by atoms with van der Waals surface area (Å²) in [6.45, 7) is 1.30. The highest BCUT2D eigenvalue weighted by Gasteiger charge is 2.24. The fourth-order valence-electron chi connectivity index (χ4n) is 1.23. The van der Waals surface area contributed by atoms with Gasteiger partial charge in [-0.1, -0.05) is 0 Å². The molecule has 1 aromatic carbocycles. The molecule has 0 heterocycles. The largest absolute Gasteiger partial charge is 0.480 e. The Labute approximate surface area is 118 Å². The van der Waals surface area contributed by atoms with Gasteiger partial charge in [-0.25, -0.2) is 9.59 Å². The number of amides is 2. The topological polar surface area (TPSA) is 98.7 Å². The number of anilines is 1. The number of carbonyl (C=O) groups is 2. The molecule has 0 fully saturated rings. The molecule has 0 radical (unpaired) electrons. The van der Waals surface area contributed by atoms with Crippen LogP contribution >= 0.6 is 22.6 Å². The molecule has 0 aliphatic rings. The number of rotatable bonds is 4. The van der Waals surface area contributed by atoms with Crippen molar-refractivity contribution in [1.82, 2.24) is 5.32 Å². The fourth-order valence-corrected chi connectivity index (χ4v) is 1.59. The van der Waals surface area contributed by atoms with Crippen molar-refractivity contribution in [2.24, 2.45) is 0 Å². The molecule has 0 saturated carbocycles. The molecule has 6 nitrogen and oxygen atoms in total. The van der Waals surface area contributed by atoms with Crippen molar-refractivity contribution in [2.75, 3.05) is 5.32 Å². The van der Waals surface area contributed by atoms with E-state index in [-0.39, 0.29) is 0 Å². The average Bonchev–Trinajstić information content (AvgIpc) is 2.28. The Morgan fingerprint density at radius 2 is 1.83 bits per heavy atom. The summed E-state index contributed by atoms with van der Waals surface area (Å²) in [6, 6.07) is 4.98. The van der Waals surface area contributed by atoms with Crippen LogP contribution in [0.25, 0.3) is 0 Å². The van der Waals surface area contributed by atoms with Crippen LogP contribution in [0.4, 0.5) is 10.5 Å². The molecule has 2 unspecified atom stereocenters. The Balaban J connectivity index is 2.60. The molecule has 0 spiro atoms. The SMILES string of the molecule is CC(O)C(NC(=O)Nc1ccc(I)cc1)C(=O)O. The minimum absolute atomic E-state index is 0.544. The second-order valence-corrected chi connectivity index (χ2v) is 4.91. The van der Waals surface area contributed by atoms with Gasteiger partial charge in [0.15, 0.2) is 6.04 Å². The standard InChI is InChI=1S/C11H13IN2O4/c1-6(15)9(10(16)17)14-11(18)13-8-4-2-7(12)3-5-8/h2-6,9,15H,1H3,(H,16,17)(H2,13,14,18). The lowest BCUT2D eigenvalue weighted by Crippen LogP contribution is -2.49. The van der Waals surface area contributed by atoms with E-state index < -0.39 is 24.1 Å². The second kappa shape index (κ2) is 6.55. The van der Waals surface area contributed by atoms with Crippen molar-refractivity contribution in [1.29, 1.82) is 0 Å². The quantitative estimate of drug-likeness (QED) is 0.605. The number of halogens is 1. The maximum absolute atomic E-state index is 11.5. The predicted octanol–water partition coefficient (Wildman–Crippen LogP) is 1.25. The average molecular weight is 364 g/mol. The molecule has 1 aromatic rings. The van der Waals surface area contributed by atoms with Crippen LogP contribution in [0.15, 0.2) is 24.3 Å². The summed E-state index contributed by atoms with van der Waals surface area (Å²) in [4.78, 5) is 22.3. The van der Waals surface area contributed by atoms with Gasteiger partial charge in [0.1, 0.15) is 0 Å². The van der Waals surface area contributed by atoms with E-state index in [1.165, 1.54) is 6.92 Å². The molecule has 2 atom stereocenters. The lowest BCUT2D eigenvalue weighted by Gasteiger charge is -2.17. The number of carboxylic acids is 1. The van der Waals surface area contributed by atoms with E-state index >= 15 is 0 Å². The number of hydrogen-bond acceptors (Lipinski definition) is 3. The van der Waals surface area contributed by atoms with Crippen LogP contribution in [-0.2, 0) is 4.79 Å². The number of aliphatic hydroxyl groups excluding tert-OH is 1. The lowest BCUT2D eigenvalue weighted by atomic mass is 10.2. The number of benzene rings is 1. The van der Waals surface area contributed by atoms with Gasteiger partial charge >= 0.3 is 12.0 Å². The summed E-state index contributed by atoms with van der Waals surface area (Å²) in [5.41, 5.74) is 0.544. The summed E-state index contributed by atoms with van der Waals surface area (Å²) in [6.07, 6.45) is -1.18. The highest BCUT2D eigenvalue weighted by atomic mass is 127. The van der Waals surface area contributed by atoms with Crippen molar-refractivity contribution >= 4 is 40.3 Å². The zero-order valence-electron chi connectivity index (χ0n) is 9.55. The van der Waals surface area contributed by atoms with Crippen LogP contribution in [-0.4, -0.2) is 34.4 Å². The summed E-state index contributed by atoms with van der Waals surface area (Å²) in [5, 5.41) is 22.7. The van der Waals surface area contributed by atoms with Gasteiger partial charge in [-0.05, 0) is 53.8 Å². The van der Waals surface area contributed by atoms with E-state index in [0.29, 0.717) is 5.69 Å². The molecule has 0 aromatic heterocycles. The molecule has 0 bridgehead atoms. The highest BCUT2D eigenvalue weighted by Crippen LogP contribution is 2.10. The third-order valence-electron chi connectivity index (χ3n) is 2.14. The normalized spacial score (nSPS) is 13.5. The van der Waals surface area contributed by atoms with Gasteiger partial charge in [0, 0.05) is 9.26 Å². The summed E-state index contributed by atoms with van der Waals surface area (Å²) >= 11 is 2.13. The molecule has 98 valence electrons. The molecular weight excluding hydrogens is 351 g/mol. The van der Waals surface area contributed by atoms with E-state index in [2.05, 4.69) is 33.2 Å². The van der Waals surface area contributed by atoms with Crippen LogP contribution in [0, 0.1) is 3.57 Å². The first-order valence-electron chi connectivity index (χ1n) is 5.14. The predicted molar refractivity (Wildman–Crippen MR) is 74.4 cm³/mol. The van der Waals surface area contributed by atoms with Crippen LogP contribution in [0.2, 0.25) is 0 Å². The monoisotopic (exact) mass is 364 g/mol. The van der Waals surface area contributed by atoms with Crippen LogP contribution in [0.3, 0.4) is 0 Å². The minimum atomic E-state index is -1.34. The minimum Gasteiger partial charge on any atom is -0.480 e. The number of carboxylic acid groups (broad SMARTS) is 1. The smallest absolute Gasteiger partial charge is 0.328 e. The Morgan fingerprint density at radius 3 is 2.28 bits per heavy atom. The number of aliphatic hydroxyl groups is 1. The van der Waals surface area contributed by atoms with Crippen molar-refractivity contribution in [2.45, 2.75) is 19.1 Å². The second-order valence-electron chi connectivity index (χ2n) is 3.66. The van der Waals surface area contributed by atoms with Gasteiger partial charge in [-0.3, -0.25) is 0 Å². The Bertz CT molecular complexity index is 433. The summed E-state index contributed by atoms with van der Waals surface area (Å²) in [5.74, 6) is -1.29. The number of urea groups is 1. The highest BCUT2D eigenvalue weighted by molar-refractivity contribution is 14.1. The molecule has 0 saturated heterocycles. The van der Waals surface area contributed by atoms with Gasteiger partial charge in [0.2, 0.25) is 0 Å². The van der Waals surface area contributed by atoms with Crippen LogP contribution < -0.4 is 10.6 Å². The van der Waals surface area contributed by atoms with Gasteiger partial charge in [-0.15, -0.1) is 0 Å². The maximum atomic E-state index is 11.5. The third-order valence-corrected chi connectivity index (χ3v) is 2.86. The maximum Gasteiger partial charge on any atom is 0.328 e. The molecule has 0 aliphatic heterocycles. The van der Waals surface area contributed by atoms with E-state index in [4.69, 9.17) is 5.11 Å². The molecule has 7 heteroatoms. The van der Waals surface area contributed by atoms with E-state index in [0.717, 1.165) is 3.57 Å². The van der Waals surface area contributed by atoms with Crippen molar-refractivity contribution in [3.05, 3.63) is 27.8 Å². The molecule has 1 rings (SSSR count). The van der Waals surface area contributed by atoms with Crippen molar-refractivity contribution in [3.8, 4) is 0 Å². The van der Waals surface area contributed by atoms with Crippen molar-refractivity contribution in [3.63, 3.8) is 0 Å². The van der Waals surface area contributed by atoms with Gasteiger partial charge < -0.3 is 20.8 Å². The molecule has 18 heavy (non-hydrogen) atoms. The van der Waals surface area contributed by atoms with Crippen LogP contribution in [0.5, 0.6) is 0 Å². The van der Waals surface area contributed by atoms with E-state index in [9.17, 15) is 14.7 Å². The van der Waals surface area contributed by atoms with Crippen LogP contribution in [0.1, 0.15) is 6.92 Å². The van der Waals surface area contributed by atoms with Gasteiger partial charge in [0.05, 0.1) is 6.10 Å². The molecular formula is C11H13IN2O4. The first-order chi connectivity index (χ1) is 8.40. The Morgan fingerprint density at radius 1 is 1.28 bits per heavy atom. The number of aliphatic carboxylic acids is 1. The van der Waals surface area contributed by atoms with Gasteiger partial charge in [-0.2, -0.15) is 0 Å².